The molecule has 3 aromatic carbocycles. The van der Waals surface area contributed by atoms with Gasteiger partial charge in [-0.3, -0.25) is 0 Å². The van der Waals surface area contributed by atoms with E-state index in [0.29, 0.717) is 0 Å². The van der Waals surface area contributed by atoms with Gasteiger partial charge in [-0.15, -0.1) is 0 Å². The van der Waals surface area contributed by atoms with Crippen molar-refractivity contribution in [3.05, 3.63) is 75.8 Å². The topological polar surface area (TPSA) is 9.23 Å². The van der Waals surface area contributed by atoms with Crippen molar-refractivity contribution in [2.24, 2.45) is 0 Å². The molecule has 0 atom stereocenters. The molecular weight excluding hydrogens is 431 g/mol. The molecule has 0 saturated carbocycles. The van der Waals surface area contributed by atoms with E-state index in [4.69, 9.17) is 3.07 Å². The maximum atomic E-state index is 5.94. The van der Waals surface area contributed by atoms with E-state index in [1.54, 1.807) is 0 Å². The Labute approximate surface area is 171 Å². The maximum absolute atomic E-state index is 5.94. The molecule has 3 rings (SSSR count). The molecule has 0 spiro atoms. The first kappa shape index (κ1) is 19.0. The molecule has 3 aromatic rings. The third kappa shape index (κ3) is 3.39. The van der Waals surface area contributed by atoms with Crippen LogP contribution >= 0.6 is 23.0 Å². The highest BCUT2D eigenvalue weighted by Crippen LogP contribution is 2.44. The van der Waals surface area contributed by atoms with Gasteiger partial charge >= 0.3 is 0 Å². The van der Waals surface area contributed by atoms with Crippen LogP contribution in [0.2, 0.25) is 0 Å². The van der Waals surface area contributed by atoms with E-state index >= 15 is 0 Å². The lowest BCUT2D eigenvalue weighted by Gasteiger charge is -2.19. The molecule has 0 aliphatic heterocycles. The summed E-state index contributed by atoms with van der Waals surface area (Å²) in [4.78, 5) is 0. The average molecular weight is 456 g/mol. The number of hydrogen-bond donors (Lipinski definition) is 0. The molecule has 0 saturated heterocycles. The summed E-state index contributed by atoms with van der Waals surface area (Å²) in [7, 11) is 0. The summed E-state index contributed by atoms with van der Waals surface area (Å²) in [5.41, 5.74) is 12.6. The third-order valence-corrected chi connectivity index (χ3v) is 5.43. The molecule has 134 valence electrons. The Morgan fingerprint density at radius 3 is 1.27 bits per heavy atom. The van der Waals surface area contributed by atoms with Crippen molar-refractivity contribution in [3.8, 4) is 28.0 Å². The number of hydrogen-bond acceptors (Lipinski definition) is 1. The highest BCUT2D eigenvalue weighted by atomic mass is 127. The zero-order chi connectivity index (χ0) is 19.0. The number of rotatable bonds is 3. The van der Waals surface area contributed by atoms with Crippen LogP contribution in [0.3, 0.4) is 0 Å². The first-order valence-corrected chi connectivity index (χ1v) is 9.79. The van der Waals surface area contributed by atoms with Gasteiger partial charge in [-0.25, -0.2) is 0 Å². The van der Waals surface area contributed by atoms with Gasteiger partial charge in [0.05, 0.1) is 0 Å². The lowest BCUT2D eigenvalue weighted by molar-refractivity contribution is 0.721. The monoisotopic (exact) mass is 456 g/mol. The predicted molar refractivity (Wildman–Crippen MR) is 120 cm³/mol. The summed E-state index contributed by atoms with van der Waals surface area (Å²) < 4.78 is 5.94. The van der Waals surface area contributed by atoms with Crippen LogP contribution in [0, 0.1) is 41.5 Å². The van der Waals surface area contributed by atoms with Crippen molar-refractivity contribution in [1.29, 1.82) is 0 Å². The van der Waals surface area contributed by atoms with Crippen LogP contribution in [0.5, 0.6) is 5.75 Å². The van der Waals surface area contributed by atoms with Gasteiger partial charge in [-0.2, -0.15) is 0 Å². The molecule has 0 bridgehead atoms. The van der Waals surface area contributed by atoms with Gasteiger partial charge < -0.3 is 3.07 Å². The van der Waals surface area contributed by atoms with Crippen molar-refractivity contribution in [2.45, 2.75) is 41.5 Å². The van der Waals surface area contributed by atoms with Crippen LogP contribution in [-0.4, -0.2) is 0 Å². The average Bonchev–Trinajstić information content (AvgIpc) is 2.53. The molecule has 1 nitrogen and oxygen atoms in total. The first-order chi connectivity index (χ1) is 12.3. The lowest BCUT2D eigenvalue weighted by atomic mass is 9.88. The molecule has 0 heterocycles. The Bertz CT molecular complexity index is 864. The fraction of sp³-hybridized carbons (Fsp3) is 0.250. The molecule has 26 heavy (non-hydrogen) atoms. The second-order valence-electron chi connectivity index (χ2n) is 7.31. The van der Waals surface area contributed by atoms with E-state index < -0.39 is 0 Å². The largest absolute Gasteiger partial charge is 0.426 e. The molecular formula is C24H25IO. The van der Waals surface area contributed by atoms with Gasteiger partial charge in [0.2, 0.25) is 0 Å². The smallest absolute Gasteiger partial charge is 0.192 e. The van der Waals surface area contributed by atoms with Crippen molar-refractivity contribution >= 4 is 23.0 Å². The van der Waals surface area contributed by atoms with Crippen molar-refractivity contribution in [3.63, 3.8) is 0 Å². The zero-order valence-corrected chi connectivity index (χ0v) is 18.5. The minimum absolute atomic E-state index is 0.943. The molecule has 0 N–H and O–H groups in total. The molecule has 0 aliphatic carbocycles. The van der Waals surface area contributed by atoms with Crippen LogP contribution in [0.1, 0.15) is 33.4 Å². The lowest BCUT2D eigenvalue weighted by Crippen LogP contribution is -1.96. The van der Waals surface area contributed by atoms with Gasteiger partial charge in [0.15, 0.2) is 23.0 Å². The van der Waals surface area contributed by atoms with E-state index in [1.807, 2.05) is 23.0 Å². The summed E-state index contributed by atoms with van der Waals surface area (Å²) in [5.74, 6) is 0.943. The van der Waals surface area contributed by atoms with E-state index in [2.05, 4.69) is 84.0 Å². The summed E-state index contributed by atoms with van der Waals surface area (Å²) in [6, 6.07) is 15.5. The quantitative estimate of drug-likeness (QED) is 0.369. The minimum atomic E-state index is 0.943. The standard InChI is InChI=1S/C24H25IO/c1-14-10-16(3)22(17(4)11-14)20-8-7-9-21(24(20)26-25)23-18(5)12-15(2)13-19(23)6/h7-13H,1-6H3. The summed E-state index contributed by atoms with van der Waals surface area (Å²) >= 11 is 2.02. The summed E-state index contributed by atoms with van der Waals surface area (Å²) in [6.07, 6.45) is 0. The summed E-state index contributed by atoms with van der Waals surface area (Å²) in [6.45, 7) is 13.0. The van der Waals surface area contributed by atoms with Gasteiger partial charge in [-0.05, 0) is 74.9 Å². The highest BCUT2D eigenvalue weighted by Gasteiger charge is 2.18. The highest BCUT2D eigenvalue weighted by molar-refractivity contribution is 14.1. The van der Waals surface area contributed by atoms with Gasteiger partial charge in [0.25, 0.3) is 0 Å². The maximum Gasteiger partial charge on any atom is 0.192 e. The predicted octanol–water partition coefficient (Wildman–Crippen LogP) is 7.60. The van der Waals surface area contributed by atoms with E-state index in [9.17, 15) is 0 Å². The zero-order valence-electron chi connectivity index (χ0n) is 16.3. The van der Waals surface area contributed by atoms with Crippen molar-refractivity contribution < 1.29 is 3.07 Å². The van der Waals surface area contributed by atoms with Crippen LogP contribution in [-0.2, 0) is 0 Å². The fourth-order valence-electron chi connectivity index (χ4n) is 4.22. The fourth-order valence-corrected chi connectivity index (χ4v) is 4.70. The van der Waals surface area contributed by atoms with E-state index in [1.165, 1.54) is 44.5 Å². The molecule has 0 unspecified atom stereocenters. The first-order valence-electron chi connectivity index (χ1n) is 8.91. The van der Waals surface area contributed by atoms with Gasteiger partial charge in [0, 0.05) is 11.1 Å². The molecule has 2 heteroatoms. The summed E-state index contributed by atoms with van der Waals surface area (Å²) in [5, 5.41) is 0. The molecule has 0 fully saturated rings. The van der Waals surface area contributed by atoms with Crippen LogP contribution in [0.4, 0.5) is 0 Å². The van der Waals surface area contributed by atoms with Crippen molar-refractivity contribution in [2.75, 3.05) is 0 Å². The number of para-hydroxylation sites is 1. The number of aryl methyl sites for hydroxylation is 6. The Morgan fingerprint density at radius 2 is 0.962 bits per heavy atom. The molecule has 0 aliphatic rings. The molecule has 0 aromatic heterocycles. The van der Waals surface area contributed by atoms with Crippen LogP contribution in [0.15, 0.2) is 42.5 Å². The number of halogens is 1. The van der Waals surface area contributed by atoms with Gasteiger partial charge in [-0.1, -0.05) is 53.6 Å². The van der Waals surface area contributed by atoms with Gasteiger partial charge in [0.1, 0.15) is 5.75 Å². The SMILES string of the molecule is Cc1cc(C)c(-c2cccc(-c3c(C)cc(C)cc3C)c2OI)c(C)c1. The van der Waals surface area contributed by atoms with E-state index in [0.717, 1.165) is 16.9 Å². The second-order valence-corrected chi connectivity index (χ2v) is 7.75. The minimum Gasteiger partial charge on any atom is -0.426 e. The Kier molecular flexibility index (Phi) is 5.42. The van der Waals surface area contributed by atoms with E-state index in [-0.39, 0.29) is 0 Å². The second kappa shape index (κ2) is 7.43. The van der Waals surface area contributed by atoms with Crippen LogP contribution < -0.4 is 3.07 Å². The van der Waals surface area contributed by atoms with Crippen molar-refractivity contribution in [1.82, 2.24) is 0 Å². The number of benzene rings is 3. The normalized spacial score (nSPS) is 10.9. The molecule has 0 radical (unpaired) electrons. The van der Waals surface area contributed by atoms with Crippen LogP contribution in [0.25, 0.3) is 22.3 Å². The molecule has 0 amide bonds. The Balaban J connectivity index is 2.32. The Morgan fingerprint density at radius 1 is 0.615 bits per heavy atom. The Hall–Kier alpha value is -1.81. The third-order valence-electron chi connectivity index (χ3n) is 4.98.